The van der Waals surface area contributed by atoms with Crippen molar-refractivity contribution in [2.75, 3.05) is 27.7 Å². The average Bonchev–Trinajstić information content (AvgIpc) is 1.55. The Balaban J connectivity index is 0.000000169. The summed E-state index contributed by atoms with van der Waals surface area (Å²) < 4.78 is 47.2. The number of fused-ring (bicyclic) bond motifs is 2. The van der Waals surface area contributed by atoms with Crippen LogP contribution in [-0.4, -0.2) is 222 Å². The molecular formula is C74H73N22O23PS. The SMILES string of the molecule is C[C@H]([C@H]1C(=O)N2C(C(=O)OC(=O)c3ccc([N+](=O)[O-])cc3)=C(OP(=O)(Oc3ccccc3)Oc3ccccc3)[C@H](C)[C@H]12)n1ncnn1.C[C@H]([C@H]1C(=O)N2C(C(=O)OC(=O)c3ccc([N+](=O)[O-])cc3)=C(S[C@H]3C[C@@H](C(=O)N(C)C)N(C)C3)[C@H](C)[C@H]12)n1ncnn1.C[C@H]([C@H]1C(=O)N[C@@H]1[C@@H](C)C(=O)C(=[N+]=[N-])C(=O)OCc1ccc([N+](=O)[O-])cc1)n1ncnn1. The summed E-state index contributed by atoms with van der Waals surface area (Å²) >= 11 is 1.42. The van der Waals surface area contributed by atoms with E-state index in [4.69, 9.17) is 27.8 Å². The second kappa shape index (κ2) is 36.2. The molecule has 8 aromatic rings. The summed E-state index contributed by atoms with van der Waals surface area (Å²) in [7, 11) is 0.618. The Morgan fingerprint density at radius 3 is 1.45 bits per heavy atom. The van der Waals surface area contributed by atoms with Gasteiger partial charge in [-0.3, -0.25) is 64.1 Å². The van der Waals surface area contributed by atoms with Gasteiger partial charge in [0.2, 0.25) is 23.6 Å². The van der Waals surface area contributed by atoms with Crippen LogP contribution in [0.5, 0.6) is 11.5 Å². The van der Waals surface area contributed by atoms with Crippen LogP contribution in [0.15, 0.2) is 175 Å². The molecule has 6 aliphatic rings. The molecule has 0 aliphatic carbocycles. The van der Waals surface area contributed by atoms with Gasteiger partial charge in [0.1, 0.15) is 29.6 Å². The number of benzene rings is 5. The van der Waals surface area contributed by atoms with E-state index in [-0.39, 0.29) is 92.7 Å². The van der Waals surface area contributed by atoms with Crippen LogP contribution in [0.1, 0.15) is 92.4 Å². The number of likely N-dealkylation sites (tertiary alicyclic amines) is 1. The number of nitrogens with zero attached hydrogens (tertiary/aromatic N) is 21. The number of amides is 4. The number of non-ortho nitro benzene ring substituents is 3. The molecule has 6 aliphatic heterocycles. The van der Waals surface area contributed by atoms with E-state index in [0.717, 1.165) is 41.3 Å². The van der Waals surface area contributed by atoms with Crippen molar-refractivity contribution in [3.63, 3.8) is 0 Å². The number of nitro groups is 3. The highest BCUT2D eigenvalue weighted by Gasteiger charge is 2.64. The number of para-hydroxylation sites is 2. The molecule has 4 amide bonds. The van der Waals surface area contributed by atoms with Gasteiger partial charge in [0, 0.05) is 84.9 Å². The molecule has 0 radical (unpaired) electrons. The van der Waals surface area contributed by atoms with Crippen molar-refractivity contribution in [1.82, 2.24) is 85.5 Å². The molecule has 628 valence electrons. The van der Waals surface area contributed by atoms with E-state index in [9.17, 15) is 88.4 Å². The third-order valence-electron chi connectivity index (χ3n) is 21.0. The molecule has 5 aromatic carbocycles. The fraction of sp³-hybridized carbons (Fsp3) is 0.351. The van der Waals surface area contributed by atoms with Crippen molar-refractivity contribution in [1.29, 1.82) is 0 Å². The van der Waals surface area contributed by atoms with Gasteiger partial charge < -0.3 is 48.4 Å². The minimum absolute atomic E-state index is 0.00204. The smallest absolute Gasteiger partial charge is 0.452 e. The molecule has 45 nitrogen and oxygen atoms in total. The van der Waals surface area contributed by atoms with E-state index >= 15 is 0 Å². The monoisotopic (exact) mass is 1700 g/mol. The Kier molecular flexibility index (Phi) is 25.7. The molecule has 4 fully saturated rings. The number of phosphoric acid groups is 1. The number of nitro benzene ring substituents is 3. The maximum absolute atomic E-state index is 14.4. The van der Waals surface area contributed by atoms with Crippen LogP contribution in [0.2, 0.25) is 0 Å². The first kappa shape index (κ1) is 86.0. The Morgan fingerprint density at radius 2 is 1.03 bits per heavy atom. The number of ketones is 1. The molecule has 1 N–H and O–H groups in total. The van der Waals surface area contributed by atoms with Crippen LogP contribution in [0.4, 0.5) is 17.1 Å². The summed E-state index contributed by atoms with van der Waals surface area (Å²) in [6.45, 7) is 10.5. The topological polar surface area (TPSA) is 565 Å². The van der Waals surface area contributed by atoms with E-state index in [0.29, 0.717) is 23.4 Å². The highest BCUT2D eigenvalue weighted by molar-refractivity contribution is 8.03. The summed E-state index contributed by atoms with van der Waals surface area (Å²) in [6, 6.07) is 26.7. The Labute approximate surface area is 687 Å². The minimum atomic E-state index is -4.66. The zero-order valence-electron chi connectivity index (χ0n) is 65.3. The van der Waals surface area contributed by atoms with Gasteiger partial charge in [-0.1, -0.05) is 57.2 Å². The standard InChI is InChI=1S/C30H25N6O10P.C26H30N8O7S.C18H18N8O6/c1-18-25-24(19(2)35-32-17-31-33-35)28(37)34(25)26(30(39)43-29(38)20-13-15-21(16-14-20)36(40)41)27(18)46-47(42,44-22-9-5-3-6-10-22)45-23-11-7-4-8-12-23;1-13-20-19(14(2)33-28-12-27-29-33)24(36)32(20)21(22(13)42-17-10-18(31(5)11-17)23(35)30(3)4)26(38)41-25(37)15-6-8-16(9-7-15)34(39)40;1-9(14-13(17(28)22-14)10(2)25-21-8-20-24-25)16(27)15(23-19)18(29)32-7-11-3-5-12(6-4-11)26(30)31/h3-19,24-25H,1-2H3;6-9,12-14,17-20H,10-11H2,1-5H3;3-6,8-10,13-14H,7H2,1-2H3,(H,22,28)/t18-,19-,24-,25-;13-,14-,17+,18+,19-,20-;9-,10-,13-,14-/m111/s1. The molecule has 47 heteroatoms. The van der Waals surface area contributed by atoms with Gasteiger partial charge in [0.15, 0.2) is 24.7 Å². The van der Waals surface area contributed by atoms with Crippen LogP contribution in [-0.2, 0) is 68.3 Å². The van der Waals surface area contributed by atoms with Crippen LogP contribution >= 0.6 is 19.6 Å². The van der Waals surface area contributed by atoms with Crippen molar-refractivity contribution in [2.45, 2.75) is 102 Å². The number of Topliss-reactive ketones (excluding diaryl/α,β-unsaturated/α-hetero) is 1. The molecule has 14 atom stereocenters. The molecule has 9 heterocycles. The first-order valence-electron chi connectivity index (χ1n) is 36.9. The number of aromatic nitrogens is 12. The van der Waals surface area contributed by atoms with Crippen LogP contribution in [0.25, 0.3) is 5.53 Å². The van der Waals surface area contributed by atoms with Crippen molar-refractivity contribution < 1.29 is 99.9 Å². The quantitative estimate of drug-likeness (QED) is 0.00605. The molecule has 0 saturated carbocycles. The van der Waals surface area contributed by atoms with Crippen molar-refractivity contribution >= 4 is 102 Å². The number of hydrogen-bond donors (Lipinski definition) is 1. The number of β-lactam (4-membered cyclic amide) rings is 3. The maximum Gasteiger partial charge on any atom is 0.646 e. The normalized spacial score (nSPS) is 21.6. The average molecular weight is 1700 g/mol. The number of tetrazole rings is 3. The number of hydrogen-bond acceptors (Lipinski definition) is 34. The van der Waals surface area contributed by atoms with E-state index < -0.39 is 141 Å². The number of carbonyl (C=O) groups is 10. The number of esters is 5. The van der Waals surface area contributed by atoms with Crippen molar-refractivity contribution in [2.24, 2.45) is 35.5 Å². The Bertz CT molecular complexity index is 5470. The van der Waals surface area contributed by atoms with Gasteiger partial charge in [-0.05, 0) is 116 Å². The van der Waals surface area contributed by atoms with E-state index in [2.05, 4.69) is 56.3 Å². The number of thioether (sulfide) groups is 1. The highest BCUT2D eigenvalue weighted by Crippen LogP contribution is 2.59. The van der Waals surface area contributed by atoms with E-state index in [1.165, 1.54) is 118 Å². The summed E-state index contributed by atoms with van der Waals surface area (Å²) in [4.78, 5) is 174. The van der Waals surface area contributed by atoms with E-state index in [1.807, 2.05) is 18.9 Å². The fourth-order valence-corrected chi connectivity index (χ4v) is 17.7. The summed E-state index contributed by atoms with van der Waals surface area (Å²) in [5.41, 5.74) is 7.51. The number of nitrogens with one attached hydrogen (secondary N) is 1. The largest absolute Gasteiger partial charge is 0.646 e. The summed E-state index contributed by atoms with van der Waals surface area (Å²) in [5, 5.41) is 69.8. The molecule has 0 unspecified atom stereocenters. The first-order chi connectivity index (χ1) is 57.7. The maximum atomic E-state index is 14.4. The third kappa shape index (κ3) is 18.1. The van der Waals surface area contributed by atoms with Gasteiger partial charge in [-0.25, -0.2) is 24.0 Å². The van der Waals surface area contributed by atoms with Crippen molar-refractivity contribution in [3.8, 4) is 11.5 Å². The number of rotatable bonds is 28. The minimum Gasteiger partial charge on any atom is -0.452 e. The van der Waals surface area contributed by atoms with E-state index in [1.54, 1.807) is 83.1 Å². The number of ether oxygens (including phenoxy) is 3. The number of likely N-dealkylation sites (N-methyl/N-ethyl adjacent to an activating group) is 2. The lowest BCUT2D eigenvalue weighted by Gasteiger charge is -2.47. The molecule has 14 rings (SSSR count). The Morgan fingerprint density at radius 1 is 0.603 bits per heavy atom. The highest BCUT2D eigenvalue weighted by atomic mass is 32.2. The van der Waals surface area contributed by atoms with Gasteiger partial charge in [0.25, 0.3) is 22.8 Å². The third-order valence-corrected chi connectivity index (χ3v) is 23.7. The molecular weight excluding hydrogens is 1630 g/mol. The van der Waals surface area contributed by atoms with Gasteiger partial charge in [-0.15, -0.1) is 42.4 Å². The molecule has 3 aromatic heterocycles. The predicted octanol–water partition coefficient (Wildman–Crippen LogP) is 5.48. The number of phosphoric ester groups is 1. The zero-order valence-corrected chi connectivity index (χ0v) is 67.0. The molecule has 121 heavy (non-hydrogen) atoms. The zero-order chi connectivity index (χ0) is 87.2. The van der Waals surface area contributed by atoms with Gasteiger partial charge in [0.05, 0.1) is 85.9 Å². The second-order valence-electron chi connectivity index (χ2n) is 28.6. The lowest BCUT2D eigenvalue weighted by Crippen LogP contribution is -2.65. The fourth-order valence-electron chi connectivity index (χ4n) is 14.7. The first-order valence-corrected chi connectivity index (χ1v) is 39.2. The molecule has 4 saturated heterocycles. The summed E-state index contributed by atoms with van der Waals surface area (Å²) in [6.07, 6.45) is 4.25. The lowest BCUT2D eigenvalue weighted by molar-refractivity contribution is -0.385. The Hall–Kier alpha value is -14.4. The predicted molar refractivity (Wildman–Crippen MR) is 410 cm³/mol. The summed E-state index contributed by atoms with van der Waals surface area (Å²) in [5.74, 6) is -11.6. The molecule has 0 bridgehead atoms. The van der Waals surface area contributed by atoms with Gasteiger partial charge >= 0.3 is 43.4 Å². The van der Waals surface area contributed by atoms with Crippen LogP contribution < -0.4 is 14.4 Å². The van der Waals surface area contributed by atoms with Crippen LogP contribution in [0.3, 0.4) is 0 Å². The van der Waals surface area contributed by atoms with Crippen LogP contribution in [0, 0.1) is 65.9 Å². The lowest BCUT2D eigenvalue weighted by atomic mass is 9.76. The van der Waals surface area contributed by atoms with Crippen molar-refractivity contribution in [3.05, 3.63) is 227 Å². The number of carbonyl (C=O) groups excluding carboxylic acids is 10. The molecule has 0 spiro atoms. The second-order valence-corrected chi connectivity index (χ2v) is 31.4. The van der Waals surface area contributed by atoms with Gasteiger partial charge in [-0.2, -0.15) is 23.7 Å².